The topological polar surface area (TPSA) is 55.5 Å². The highest BCUT2D eigenvalue weighted by atomic mass is 16.5. The van der Waals surface area contributed by atoms with Crippen molar-refractivity contribution in [3.63, 3.8) is 0 Å². The minimum Gasteiger partial charge on any atom is -0.497 e. The van der Waals surface area contributed by atoms with E-state index < -0.39 is 5.60 Å². The Kier molecular flexibility index (Phi) is 10.9. The normalized spacial score (nSPS) is 17.2. The first-order chi connectivity index (χ1) is 10.7. The molecule has 0 heterocycles. The van der Waals surface area contributed by atoms with Crippen LogP contribution in [-0.4, -0.2) is 24.4 Å². The van der Waals surface area contributed by atoms with Gasteiger partial charge in [-0.3, -0.25) is 0 Å². The number of hydrogen-bond donors (Lipinski definition) is 2. The van der Waals surface area contributed by atoms with E-state index in [-0.39, 0.29) is 5.92 Å². The van der Waals surface area contributed by atoms with Gasteiger partial charge in [-0.2, -0.15) is 0 Å². The average molecular weight is 309 g/mol. The molecule has 1 unspecified atom stereocenters. The van der Waals surface area contributed by atoms with Crippen LogP contribution < -0.4 is 10.5 Å². The summed E-state index contributed by atoms with van der Waals surface area (Å²) < 4.78 is 5.16. The maximum Gasteiger partial charge on any atom is 0.118 e. The van der Waals surface area contributed by atoms with E-state index in [1.807, 2.05) is 52.0 Å². The molecule has 1 atom stereocenters. The van der Waals surface area contributed by atoms with Gasteiger partial charge in [-0.15, -0.1) is 0 Å². The zero-order valence-electron chi connectivity index (χ0n) is 15.1. The van der Waals surface area contributed by atoms with Crippen LogP contribution in [0.15, 0.2) is 24.3 Å². The van der Waals surface area contributed by atoms with Gasteiger partial charge in [0.1, 0.15) is 5.75 Å². The first-order valence-corrected chi connectivity index (χ1v) is 8.76. The van der Waals surface area contributed by atoms with Crippen molar-refractivity contribution in [1.82, 2.24) is 0 Å². The summed E-state index contributed by atoms with van der Waals surface area (Å²) in [6.45, 7) is 8.49. The standard InChI is InChI=1S/C15H23NO2.2C2H6/c1-18-13-7-5-12(6-8-13)14(11-16)15(17)9-3-2-4-10-15;2*1-2/h5-8,14,17H,2-4,9-11,16H2,1H3;2*1-2H3. The van der Waals surface area contributed by atoms with Crippen molar-refractivity contribution >= 4 is 0 Å². The summed E-state index contributed by atoms with van der Waals surface area (Å²) in [5.41, 5.74) is 6.39. The summed E-state index contributed by atoms with van der Waals surface area (Å²) >= 11 is 0. The molecule has 0 spiro atoms. The molecule has 1 aromatic rings. The maximum absolute atomic E-state index is 10.8. The van der Waals surface area contributed by atoms with Gasteiger partial charge in [0.2, 0.25) is 0 Å². The van der Waals surface area contributed by atoms with E-state index in [9.17, 15) is 5.11 Å². The van der Waals surface area contributed by atoms with Gasteiger partial charge in [-0.1, -0.05) is 59.1 Å². The van der Waals surface area contributed by atoms with Crippen molar-refractivity contribution in [2.24, 2.45) is 5.73 Å². The van der Waals surface area contributed by atoms with E-state index >= 15 is 0 Å². The Bertz CT molecular complexity index is 370. The molecule has 3 N–H and O–H groups in total. The van der Waals surface area contributed by atoms with Crippen LogP contribution in [0, 0.1) is 0 Å². The summed E-state index contributed by atoms with van der Waals surface area (Å²) in [4.78, 5) is 0. The fraction of sp³-hybridized carbons (Fsp3) is 0.684. The molecule has 0 radical (unpaired) electrons. The molecule has 1 fully saturated rings. The van der Waals surface area contributed by atoms with E-state index in [0.29, 0.717) is 6.54 Å². The predicted molar refractivity (Wildman–Crippen MR) is 95.5 cm³/mol. The minimum absolute atomic E-state index is 0.0312. The molecule has 1 aromatic carbocycles. The molecule has 1 saturated carbocycles. The third-order valence-electron chi connectivity index (χ3n) is 4.12. The lowest BCUT2D eigenvalue weighted by atomic mass is 9.73. The lowest BCUT2D eigenvalue weighted by molar-refractivity contribution is -0.0194. The largest absolute Gasteiger partial charge is 0.497 e. The van der Waals surface area contributed by atoms with E-state index in [1.54, 1.807) is 7.11 Å². The molecule has 0 amide bonds. The summed E-state index contributed by atoms with van der Waals surface area (Å²) in [7, 11) is 1.66. The molecular weight excluding hydrogens is 274 g/mol. The van der Waals surface area contributed by atoms with Gasteiger partial charge >= 0.3 is 0 Å². The fourth-order valence-corrected chi connectivity index (χ4v) is 3.01. The minimum atomic E-state index is -0.623. The number of hydrogen-bond acceptors (Lipinski definition) is 3. The molecular formula is C19H35NO2. The summed E-state index contributed by atoms with van der Waals surface area (Å²) in [5.74, 6) is 0.869. The number of ether oxygens (including phenoxy) is 1. The van der Waals surface area contributed by atoms with Crippen LogP contribution in [0.4, 0.5) is 0 Å². The van der Waals surface area contributed by atoms with Gasteiger partial charge in [0.15, 0.2) is 0 Å². The van der Waals surface area contributed by atoms with Crippen molar-refractivity contribution < 1.29 is 9.84 Å². The summed E-state index contributed by atoms with van der Waals surface area (Å²) in [6.07, 6.45) is 5.15. The number of methoxy groups -OCH3 is 1. The molecule has 128 valence electrons. The highest BCUT2D eigenvalue weighted by Gasteiger charge is 2.37. The fourth-order valence-electron chi connectivity index (χ4n) is 3.01. The molecule has 3 heteroatoms. The van der Waals surface area contributed by atoms with Crippen molar-refractivity contribution in [1.29, 1.82) is 0 Å². The third-order valence-corrected chi connectivity index (χ3v) is 4.12. The van der Waals surface area contributed by atoms with Crippen molar-refractivity contribution in [2.75, 3.05) is 13.7 Å². The zero-order valence-corrected chi connectivity index (χ0v) is 15.1. The molecule has 2 rings (SSSR count). The molecule has 0 saturated heterocycles. The smallest absolute Gasteiger partial charge is 0.118 e. The first-order valence-electron chi connectivity index (χ1n) is 8.76. The van der Waals surface area contributed by atoms with Gasteiger partial charge in [0.25, 0.3) is 0 Å². The third kappa shape index (κ3) is 5.62. The molecule has 3 nitrogen and oxygen atoms in total. The first kappa shape index (κ1) is 20.9. The van der Waals surface area contributed by atoms with E-state index in [0.717, 1.165) is 37.0 Å². The maximum atomic E-state index is 10.8. The lowest BCUT2D eigenvalue weighted by Crippen LogP contribution is -2.41. The van der Waals surface area contributed by atoms with Gasteiger partial charge in [0.05, 0.1) is 12.7 Å². The van der Waals surface area contributed by atoms with Crippen molar-refractivity contribution in [3.8, 4) is 5.75 Å². The molecule has 0 aromatic heterocycles. The SMILES string of the molecule is CC.CC.COc1ccc(C(CN)C2(O)CCCCC2)cc1. The van der Waals surface area contributed by atoms with E-state index in [1.165, 1.54) is 6.42 Å². The second-order valence-electron chi connectivity index (χ2n) is 5.23. The second kappa shape index (κ2) is 11.5. The Morgan fingerprint density at radius 2 is 1.55 bits per heavy atom. The second-order valence-corrected chi connectivity index (χ2v) is 5.23. The summed E-state index contributed by atoms with van der Waals surface area (Å²) in [5, 5.41) is 10.8. The number of benzene rings is 1. The monoisotopic (exact) mass is 309 g/mol. The number of rotatable bonds is 4. The van der Waals surface area contributed by atoms with Crippen LogP contribution in [0.1, 0.15) is 71.3 Å². The molecule has 22 heavy (non-hydrogen) atoms. The van der Waals surface area contributed by atoms with Crippen LogP contribution in [0.2, 0.25) is 0 Å². The van der Waals surface area contributed by atoms with Crippen LogP contribution in [0.3, 0.4) is 0 Å². The van der Waals surface area contributed by atoms with Gasteiger partial charge in [-0.25, -0.2) is 0 Å². The predicted octanol–water partition coefficient (Wildman–Crippen LogP) is 4.49. The van der Waals surface area contributed by atoms with Crippen LogP contribution in [0.5, 0.6) is 5.75 Å². The van der Waals surface area contributed by atoms with Crippen molar-refractivity contribution in [2.45, 2.75) is 71.3 Å². The summed E-state index contributed by atoms with van der Waals surface area (Å²) in [6, 6.07) is 7.90. The highest BCUT2D eigenvalue weighted by Crippen LogP contribution is 2.39. The van der Waals surface area contributed by atoms with E-state index in [4.69, 9.17) is 10.5 Å². The molecule has 0 aliphatic heterocycles. The Hall–Kier alpha value is -1.06. The quantitative estimate of drug-likeness (QED) is 0.862. The van der Waals surface area contributed by atoms with Crippen LogP contribution in [-0.2, 0) is 0 Å². The zero-order chi connectivity index (χ0) is 17.0. The average Bonchev–Trinajstić information content (AvgIpc) is 2.60. The lowest BCUT2D eigenvalue weighted by Gasteiger charge is -2.39. The molecule has 0 bridgehead atoms. The van der Waals surface area contributed by atoms with Crippen LogP contribution in [0.25, 0.3) is 0 Å². The number of nitrogens with two attached hydrogens (primary N) is 1. The highest BCUT2D eigenvalue weighted by molar-refractivity contribution is 5.31. The van der Waals surface area contributed by atoms with Gasteiger partial charge in [0, 0.05) is 12.5 Å². The van der Waals surface area contributed by atoms with Gasteiger partial charge in [-0.05, 0) is 30.5 Å². The Balaban J connectivity index is 0.00000102. The molecule has 1 aliphatic carbocycles. The van der Waals surface area contributed by atoms with Gasteiger partial charge < -0.3 is 15.6 Å². The molecule has 1 aliphatic rings. The van der Waals surface area contributed by atoms with Crippen molar-refractivity contribution in [3.05, 3.63) is 29.8 Å². The van der Waals surface area contributed by atoms with E-state index in [2.05, 4.69) is 0 Å². The Morgan fingerprint density at radius 1 is 1.05 bits per heavy atom. The Morgan fingerprint density at radius 3 is 1.95 bits per heavy atom. The van der Waals surface area contributed by atoms with Crippen LogP contribution >= 0.6 is 0 Å². The Labute approximate surface area is 136 Å². The number of aliphatic hydroxyl groups is 1.